The second-order valence-corrected chi connectivity index (χ2v) is 7.45. The summed E-state index contributed by atoms with van der Waals surface area (Å²) in [4.78, 5) is 12.4. The van der Waals surface area contributed by atoms with Gasteiger partial charge in [0.05, 0.1) is 12.2 Å². The largest absolute Gasteiger partial charge is 0.393 e. The highest BCUT2D eigenvalue weighted by Crippen LogP contribution is 2.34. The lowest BCUT2D eigenvalue weighted by atomic mass is 9.82. The summed E-state index contributed by atoms with van der Waals surface area (Å²) in [5.41, 5.74) is 1.14. The smallest absolute Gasteiger partial charge is 0.315 e. The minimum Gasteiger partial charge on any atom is -0.393 e. The maximum absolute atomic E-state index is 12.4. The molecule has 1 heterocycles. The number of hydrogen-bond acceptors (Lipinski definition) is 3. The van der Waals surface area contributed by atoms with Gasteiger partial charge >= 0.3 is 6.03 Å². The standard InChI is InChI=1S/C20H30N2O3/c1-14(23)12-16(15-6-3-2-4-7-15)13-21-20(24)22-18-8-5-9-19-17(18)10-11-25-19/h2-4,6-7,14,16-19,23H,5,8-13H2,1H3,(H2,21,22,24). The normalized spacial score (nSPS) is 28.0. The second kappa shape index (κ2) is 8.68. The molecule has 2 fully saturated rings. The number of carbonyl (C=O) groups excluding carboxylic acids is 1. The number of amides is 2. The van der Waals surface area contributed by atoms with E-state index in [9.17, 15) is 9.90 Å². The quantitative estimate of drug-likeness (QED) is 0.742. The number of aliphatic hydroxyl groups is 1. The molecule has 138 valence electrons. The van der Waals surface area contributed by atoms with Crippen molar-refractivity contribution in [3.63, 3.8) is 0 Å². The van der Waals surface area contributed by atoms with Crippen molar-refractivity contribution in [3.05, 3.63) is 35.9 Å². The Morgan fingerprint density at radius 2 is 2.08 bits per heavy atom. The molecule has 5 heteroatoms. The average molecular weight is 346 g/mol. The van der Waals surface area contributed by atoms with E-state index in [1.165, 1.54) is 0 Å². The van der Waals surface area contributed by atoms with Crippen LogP contribution in [0.15, 0.2) is 30.3 Å². The number of hydrogen-bond donors (Lipinski definition) is 3. The minimum absolute atomic E-state index is 0.107. The zero-order chi connectivity index (χ0) is 17.6. The summed E-state index contributed by atoms with van der Waals surface area (Å²) in [6.07, 6.45) is 4.87. The molecule has 1 saturated heterocycles. The van der Waals surface area contributed by atoms with E-state index >= 15 is 0 Å². The molecule has 0 bridgehead atoms. The third-order valence-corrected chi connectivity index (χ3v) is 5.50. The van der Waals surface area contributed by atoms with Gasteiger partial charge in [-0.3, -0.25) is 0 Å². The van der Waals surface area contributed by atoms with Gasteiger partial charge in [0.1, 0.15) is 0 Å². The molecule has 1 aliphatic heterocycles. The summed E-state index contributed by atoms with van der Waals surface area (Å²) < 4.78 is 5.77. The molecule has 1 saturated carbocycles. The molecule has 2 amide bonds. The fourth-order valence-electron chi connectivity index (χ4n) is 4.26. The predicted octanol–water partition coefficient (Wildman–Crippen LogP) is 2.80. The van der Waals surface area contributed by atoms with Crippen LogP contribution in [-0.4, -0.2) is 42.5 Å². The fraction of sp³-hybridized carbons (Fsp3) is 0.650. The molecule has 0 spiro atoms. The van der Waals surface area contributed by atoms with Gasteiger partial charge in [0.15, 0.2) is 0 Å². The summed E-state index contributed by atoms with van der Waals surface area (Å²) in [5, 5.41) is 15.9. The van der Waals surface area contributed by atoms with Crippen LogP contribution in [0.2, 0.25) is 0 Å². The van der Waals surface area contributed by atoms with Gasteiger partial charge in [-0.1, -0.05) is 30.3 Å². The van der Waals surface area contributed by atoms with Crippen LogP contribution < -0.4 is 10.6 Å². The molecule has 0 radical (unpaired) electrons. The SMILES string of the molecule is CC(O)CC(CNC(=O)NC1CCCC2OCCC12)c1ccccc1. The summed E-state index contributed by atoms with van der Waals surface area (Å²) in [6.45, 7) is 3.13. The first-order valence-corrected chi connectivity index (χ1v) is 9.52. The van der Waals surface area contributed by atoms with E-state index in [0.29, 0.717) is 25.0 Å². The van der Waals surface area contributed by atoms with Gasteiger partial charge < -0.3 is 20.5 Å². The van der Waals surface area contributed by atoms with Gasteiger partial charge in [-0.2, -0.15) is 0 Å². The Morgan fingerprint density at radius 3 is 2.84 bits per heavy atom. The van der Waals surface area contributed by atoms with Crippen molar-refractivity contribution in [2.45, 2.75) is 63.2 Å². The summed E-state index contributed by atoms with van der Waals surface area (Å²) in [7, 11) is 0. The molecule has 3 rings (SSSR count). The maximum atomic E-state index is 12.4. The van der Waals surface area contributed by atoms with Gasteiger partial charge in [-0.15, -0.1) is 0 Å². The van der Waals surface area contributed by atoms with Crippen LogP contribution in [0, 0.1) is 5.92 Å². The van der Waals surface area contributed by atoms with Crippen molar-refractivity contribution < 1.29 is 14.6 Å². The Labute approximate surface area is 150 Å². The first-order valence-electron chi connectivity index (χ1n) is 9.52. The molecule has 5 unspecified atom stereocenters. The minimum atomic E-state index is -0.398. The topological polar surface area (TPSA) is 70.6 Å². The van der Waals surface area contributed by atoms with Crippen molar-refractivity contribution in [1.29, 1.82) is 0 Å². The van der Waals surface area contributed by atoms with Crippen LogP contribution in [0.5, 0.6) is 0 Å². The van der Waals surface area contributed by atoms with Crippen LogP contribution >= 0.6 is 0 Å². The number of rotatable bonds is 6. The lowest BCUT2D eigenvalue weighted by molar-refractivity contribution is 0.0549. The Hall–Kier alpha value is -1.59. The third-order valence-electron chi connectivity index (χ3n) is 5.50. The van der Waals surface area contributed by atoms with E-state index in [0.717, 1.165) is 37.9 Å². The summed E-state index contributed by atoms with van der Waals surface area (Å²) in [5.74, 6) is 0.572. The highest BCUT2D eigenvalue weighted by Gasteiger charge is 2.38. The molecule has 1 aromatic rings. The van der Waals surface area contributed by atoms with E-state index in [1.54, 1.807) is 6.92 Å². The van der Waals surface area contributed by atoms with Crippen molar-refractivity contribution in [2.75, 3.05) is 13.2 Å². The summed E-state index contributed by atoms with van der Waals surface area (Å²) >= 11 is 0. The van der Waals surface area contributed by atoms with Crippen LogP contribution in [0.25, 0.3) is 0 Å². The fourth-order valence-corrected chi connectivity index (χ4v) is 4.26. The zero-order valence-electron chi connectivity index (χ0n) is 15.0. The molecule has 1 aliphatic carbocycles. The van der Waals surface area contributed by atoms with E-state index in [4.69, 9.17) is 4.74 Å². The number of ether oxygens (including phenoxy) is 1. The van der Waals surface area contributed by atoms with Crippen LogP contribution in [-0.2, 0) is 4.74 Å². The van der Waals surface area contributed by atoms with Gasteiger partial charge in [-0.05, 0) is 44.6 Å². The first kappa shape index (κ1) is 18.2. The zero-order valence-corrected chi connectivity index (χ0v) is 15.0. The number of fused-ring (bicyclic) bond motifs is 1. The van der Waals surface area contributed by atoms with E-state index < -0.39 is 6.10 Å². The highest BCUT2D eigenvalue weighted by atomic mass is 16.5. The van der Waals surface area contributed by atoms with Crippen LogP contribution in [0.1, 0.15) is 50.5 Å². The van der Waals surface area contributed by atoms with Crippen LogP contribution in [0.3, 0.4) is 0 Å². The van der Waals surface area contributed by atoms with Crippen molar-refractivity contribution in [1.82, 2.24) is 10.6 Å². The molecule has 5 atom stereocenters. The first-order chi connectivity index (χ1) is 12.1. The molecule has 1 aromatic carbocycles. The van der Waals surface area contributed by atoms with Gasteiger partial charge in [0, 0.05) is 31.0 Å². The Kier molecular flexibility index (Phi) is 6.32. The Balaban J connectivity index is 1.52. The van der Waals surface area contributed by atoms with Crippen molar-refractivity contribution >= 4 is 6.03 Å². The molecule has 2 aliphatic rings. The second-order valence-electron chi connectivity index (χ2n) is 7.45. The average Bonchev–Trinajstić information content (AvgIpc) is 3.09. The monoisotopic (exact) mass is 346 g/mol. The van der Waals surface area contributed by atoms with E-state index in [1.807, 2.05) is 30.3 Å². The third kappa shape index (κ3) is 4.95. The maximum Gasteiger partial charge on any atom is 0.315 e. The van der Waals surface area contributed by atoms with Crippen molar-refractivity contribution in [2.24, 2.45) is 5.92 Å². The number of nitrogens with one attached hydrogen (secondary N) is 2. The van der Waals surface area contributed by atoms with E-state index in [-0.39, 0.29) is 18.0 Å². The molecule has 0 aromatic heterocycles. The number of urea groups is 1. The number of benzene rings is 1. The van der Waals surface area contributed by atoms with Gasteiger partial charge in [0.25, 0.3) is 0 Å². The van der Waals surface area contributed by atoms with Gasteiger partial charge in [0.2, 0.25) is 0 Å². The highest BCUT2D eigenvalue weighted by molar-refractivity contribution is 5.74. The lowest BCUT2D eigenvalue weighted by Gasteiger charge is -2.33. The number of aliphatic hydroxyl groups excluding tert-OH is 1. The molecule has 25 heavy (non-hydrogen) atoms. The predicted molar refractivity (Wildman–Crippen MR) is 97.5 cm³/mol. The Bertz CT molecular complexity index is 549. The van der Waals surface area contributed by atoms with Crippen LogP contribution in [0.4, 0.5) is 4.79 Å². The number of carbonyl (C=O) groups is 1. The lowest BCUT2D eigenvalue weighted by Crippen LogP contribution is -2.49. The molecular formula is C20H30N2O3. The van der Waals surface area contributed by atoms with Crippen molar-refractivity contribution in [3.8, 4) is 0 Å². The van der Waals surface area contributed by atoms with Gasteiger partial charge in [-0.25, -0.2) is 4.79 Å². The van der Waals surface area contributed by atoms with E-state index in [2.05, 4.69) is 10.6 Å². The molecule has 3 N–H and O–H groups in total. The molecule has 5 nitrogen and oxygen atoms in total. The summed E-state index contributed by atoms with van der Waals surface area (Å²) in [6, 6.07) is 10.2. The Morgan fingerprint density at radius 1 is 1.28 bits per heavy atom. The molecular weight excluding hydrogens is 316 g/mol.